The predicted octanol–water partition coefficient (Wildman–Crippen LogP) is 3.66. The van der Waals surface area contributed by atoms with Gasteiger partial charge in [0, 0.05) is 12.6 Å². The Kier molecular flexibility index (Phi) is 5.70. The van der Waals surface area contributed by atoms with Gasteiger partial charge in [-0.25, -0.2) is 0 Å². The summed E-state index contributed by atoms with van der Waals surface area (Å²) >= 11 is 0. The van der Waals surface area contributed by atoms with Crippen molar-refractivity contribution < 1.29 is 9.15 Å². The van der Waals surface area contributed by atoms with E-state index in [4.69, 9.17) is 9.15 Å². The number of rotatable bonds is 10. The highest BCUT2D eigenvalue weighted by Gasteiger charge is 2.20. The number of aromatic nitrogens is 1. The summed E-state index contributed by atoms with van der Waals surface area (Å²) in [6.07, 6.45) is 11.0. The van der Waals surface area contributed by atoms with Crippen LogP contribution >= 0.6 is 0 Å². The fraction of sp³-hybridized carbons (Fsp3) is 0.800. The van der Waals surface area contributed by atoms with Gasteiger partial charge < -0.3 is 14.5 Å². The third-order valence-corrected chi connectivity index (χ3v) is 3.45. The zero-order valence-electron chi connectivity index (χ0n) is 12.2. The average molecular weight is 266 g/mol. The maximum Gasteiger partial charge on any atom is 0.393 e. The third kappa shape index (κ3) is 5.64. The van der Waals surface area contributed by atoms with E-state index in [1.807, 2.05) is 0 Å². The molecule has 0 radical (unpaired) electrons. The van der Waals surface area contributed by atoms with Crippen LogP contribution in [-0.2, 0) is 6.54 Å². The van der Waals surface area contributed by atoms with Crippen molar-refractivity contribution >= 4 is 0 Å². The summed E-state index contributed by atoms with van der Waals surface area (Å²) in [6.45, 7) is 5.09. The van der Waals surface area contributed by atoms with Gasteiger partial charge in [-0.1, -0.05) is 26.2 Å². The zero-order valence-corrected chi connectivity index (χ0v) is 12.2. The van der Waals surface area contributed by atoms with Crippen LogP contribution in [0.2, 0.25) is 0 Å². The molecule has 1 aromatic heterocycles. The first kappa shape index (κ1) is 14.4. The highest BCUT2D eigenvalue weighted by molar-refractivity contribution is 5.00. The molecule has 0 amide bonds. The Balaban J connectivity index is 1.63. The molecule has 0 spiro atoms. The van der Waals surface area contributed by atoms with Crippen molar-refractivity contribution in [3.63, 3.8) is 0 Å². The van der Waals surface area contributed by atoms with Crippen LogP contribution in [-0.4, -0.2) is 17.1 Å². The quantitative estimate of drug-likeness (QED) is 0.656. The minimum absolute atomic E-state index is 0.180. The van der Waals surface area contributed by atoms with Gasteiger partial charge in [0.2, 0.25) is 0 Å². The summed E-state index contributed by atoms with van der Waals surface area (Å²) in [5.74, 6) is 0. The molecule has 1 atom stereocenters. The molecule has 1 N–H and O–H groups in total. The van der Waals surface area contributed by atoms with Gasteiger partial charge in [0.05, 0.1) is 5.69 Å². The molecule has 1 aliphatic carbocycles. The van der Waals surface area contributed by atoms with Gasteiger partial charge in [-0.05, 0) is 32.6 Å². The number of oxazole rings is 1. The van der Waals surface area contributed by atoms with Crippen LogP contribution in [0.1, 0.15) is 64.5 Å². The second-order valence-electron chi connectivity index (χ2n) is 5.54. The van der Waals surface area contributed by atoms with Gasteiger partial charge in [0.15, 0.2) is 0 Å². The van der Waals surface area contributed by atoms with Crippen LogP contribution in [0.25, 0.3) is 0 Å². The van der Waals surface area contributed by atoms with Crippen molar-refractivity contribution in [2.24, 2.45) is 0 Å². The SMILES string of the molecule is CCCCCCC(C)Oc1nc(CNC2CC2)co1. The van der Waals surface area contributed by atoms with Crippen molar-refractivity contribution in [1.82, 2.24) is 10.3 Å². The normalized spacial score (nSPS) is 16.5. The van der Waals surface area contributed by atoms with Crippen LogP contribution in [0.15, 0.2) is 10.7 Å². The van der Waals surface area contributed by atoms with E-state index in [1.54, 1.807) is 6.26 Å². The molecule has 4 heteroatoms. The lowest BCUT2D eigenvalue weighted by atomic mass is 10.1. The van der Waals surface area contributed by atoms with Crippen LogP contribution in [0.5, 0.6) is 6.08 Å². The minimum Gasteiger partial charge on any atom is -0.447 e. The van der Waals surface area contributed by atoms with E-state index >= 15 is 0 Å². The summed E-state index contributed by atoms with van der Waals surface area (Å²) in [6, 6.07) is 0.693. The number of hydrogen-bond acceptors (Lipinski definition) is 4. The van der Waals surface area contributed by atoms with Crippen molar-refractivity contribution in [2.75, 3.05) is 0 Å². The molecular formula is C15H26N2O2. The first-order valence-corrected chi connectivity index (χ1v) is 7.62. The molecule has 1 saturated carbocycles. The largest absolute Gasteiger partial charge is 0.447 e. The Morgan fingerprint density at radius 2 is 2.26 bits per heavy atom. The minimum atomic E-state index is 0.180. The van der Waals surface area contributed by atoms with Crippen molar-refractivity contribution in [1.29, 1.82) is 0 Å². The number of nitrogens with zero attached hydrogens (tertiary/aromatic N) is 1. The van der Waals surface area contributed by atoms with E-state index in [9.17, 15) is 0 Å². The zero-order chi connectivity index (χ0) is 13.5. The van der Waals surface area contributed by atoms with E-state index < -0.39 is 0 Å². The van der Waals surface area contributed by atoms with Gasteiger partial charge in [0.25, 0.3) is 0 Å². The second-order valence-corrected chi connectivity index (χ2v) is 5.54. The smallest absolute Gasteiger partial charge is 0.393 e. The standard InChI is InChI=1S/C15H26N2O2/c1-3-4-5-6-7-12(2)19-15-17-14(11-18-15)10-16-13-8-9-13/h11-13,16H,3-10H2,1-2H3. The fourth-order valence-electron chi connectivity index (χ4n) is 2.05. The maximum atomic E-state index is 5.69. The molecule has 19 heavy (non-hydrogen) atoms. The van der Waals surface area contributed by atoms with E-state index in [2.05, 4.69) is 24.1 Å². The molecule has 1 aromatic rings. The highest BCUT2D eigenvalue weighted by atomic mass is 16.6. The Labute approximate surface area is 115 Å². The monoisotopic (exact) mass is 266 g/mol. The van der Waals surface area contributed by atoms with Crippen LogP contribution < -0.4 is 10.1 Å². The van der Waals surface area contributed by atoms with Gasteiger partial charge in [-0.15, -0.1) is 0 Å². The molecule has 0 bridgehead atoms. The summed E-state index contributed by atoms with van der Waals surface area (Å²) in [5.41, 5.74) is 0.931. The Morgan fingerprint density at radius 3 is 3.00 bits per heavy atom. The van der Waals surface area contributed by atoms with E-state index in [0.29, 0.717) is 12.1 Å². The summed E-state index contributed by atoms with van der Waals surface area (Å²) in [5, 5.41) is 3.41. The molecular weight excluding hydrogens is 240 g/mol. The number of ether oxygens (including phenoxy) is 1. The lowest BCUT2D eigenvalue weighted by Gasteiger charge is -2.10. The van der Waals surface area contributed by atoms with Gasteiger partial charge in [-0.3, -0.25) is 0 Å². The molecule has 0 saturated heterocycles. The summed E-state index contributed by atoms with van der Waals surface area (Å²) < 4.78 is 11.0. The predicted molar refractivity (Wildman–Crippen MR) is 75.2 cm³/mol. The van der Waals surface area contributed by atoms with Gasteiger partial charge >= 0.3 is 6.08 Å². The number of hydrogen-bond donors (Lipinski definition) is 1. The summed E-state index contributed by atoms with van der Waals surface area (Å²) in [4.78, 5) is 4.34. The van der Waals surface area contributed by atoms with Crippen LogP contribution in [0.3, 0.4) is 0 Å². The first-order valence-electron chi connectivity index (χ1n) is 7.62. The topological polar surface area (TPSA) is 47.3 Å². The lowest BCUT2D eigenvalue weighted by molar-refractivity contribution is 0.151. The molecule has 2 rings (SSSR count). The Hall–Kier alpha value is -1.03. The van der Waals surface area contributed by atoms with Crippen molar-refractivity contribution in [3.8, 4) is 6.08 Å². The molecule has 1 fully saturated rings. The molecule has 0 aromatic carbocycles. The molecule has 108 valence electrons. The average Bonchev–Trinajstić information content (AvgIpc) is 3.13. The number of nitrogens with one attached hydrogen (secondary N) is 1. The van der Waals surface area contributed by atoms with Crippen molar-refractivity contribution in [3.05, 3.63) is 12.0 Å². The maximum absolute atomic E-state index is 5.69. The second kappa shape index (κ2) is 7.53. The first-order chi connectivity index (χ1) is 9.28. The third-order valence-electron chi connectivity index (χ3n) is 3.45. The fourth-order valence-corrected chi connectivity index (χ4v) is 2.05. The van der Waals surface area contributed by atoms with E-state index in [0.717, 1.165) is 18.7 Å². The van der Waals surface area contributed by atoms with Gasteiger partial charge in [-0.2, -0.15) is 4.98 Å². The van der Waals surface area contributed by atoms with E-state index in [1.165, 1.54) is 38.5 Å². The lowest BCUT2D eigenvalue weighted by Crippen LogP contribution is -2.15. The Morgan fingerprint density at radius 1 is 1.42 bits per heavy atom. The van der Waals surface area contributed by atoms with Crippen LogP contribution in [0.4, 0.5) is 0 Å². The summed E-state index contributed by atoms with van der Waals surface area (Å²) in [7, 11) is 0. The molecule has 1 heterocycles. The highest BCUT2D eigenvalue weighted by Crippen LogP contribution is 2.20. The van der Waals surface area contributed by atoms with Crippen molar-refractivity contribution in [2.45, 2.75) is 77.5 Å². The van der Waals surface area contributed by atoms with E-state index in [-0.39, 0.29) is 6.10 Å². The molecule has 1 unspecified atom stereocenters. The number of unbranched alkanes of at least 4 members (excludes halogenated alkanes) is 3. The van der Waals surface area contributed by atoms with Crippen LogP contribution in [0, 0.1) is 0 Å². The molecule has 1 aliphatic rings. The van der Waals surface area contributed by atoms with Gasteiger partial charge in [0.1, 0.15) is 12.4 Å². The molecule has 4 nitrogen and oxygen atoms in total. The Bertz CT molecular complexity index is 361. The molecule has 0 aliphatic heterocycles.